The van der Waals surface area contributed by atoms with Gasteiger partial charge in [-0.3, -0.25) is 9.59 Å². The van der Waals surface area contributed by atoms with Gasteiger partial charge >= 0.3 is 0 Å². The first-order chi connectivity index (χ1) is 8.52. The molecule has 0 saturated carbocycles. The van der Waals surface area contributed by atoms with Gasteiger partial charge in [0.1, 0.15) is 18.4 Å². The average Bonchev–Trinajstić information content (AvgIpc) is 2.35. The molecule has 0 radical (unpaired) electrons. The highest BCUT2D eigenvalue weighted by atomic mass is 35.5. The number of nitrogens with one attached hydrogen (secondary N) is 1. The van der Waals surface area contributed by atoms with Crippen LogP contribution in [0, 0.1) is 5.82 Å². The van der Waals surface area contributed by atoms with Crippen LogP contribution in [-0.2, 0) is 9.59 Å². The summed E-state index contributed by atoms with van der Waals surface area (Å²) in [5.74, 6) is -0.997. The molecular weight excluding hydrogens is 259 g/mol. The Morgan fingerprint density at radius 1 is 1.50 bits per heavy atom. The molecule has 0 spiro atoms. The quantitative estimate of drug-likeness (QED) is 0.890. The average molecular weight is 271 g/mol. The summed E-state index contributed by atoms with van der Waals surface area (Å²) < 4.78 is 13.1. The predicted octanol–water partition coefficient (Wildman–Crippen LogP) is 1.72. The van der Waals surface area contributed by atoms with Crippen LogP contribution in [0.3, 0.4) is 0 Å². The lowest BCUT2D eigenvalue weighted by Crippen LogP contribution is -2.58. The Morgan fingerprint density at radius 2 is 2.22 bits per heavy atom. The summed E-state index contributed by atoms with van der Waals surface area (Å²) in [5, 5.41) is 2.53. The molecule has 2 amide bonds. The number of carbonyl (C=O) groups is 2. The van der Waals surface area contributed by atoms with Crippen molar-refractivity contribution in [3.63, 3.8) is 0 Å². The van der Waals surface area contributed by atoms with Crippen LogP contribution in [0.15, 0.2) is 18.2 Å². The van der Waals surface area contributed by atoms with Gasteiger partial charge in [-0.25, -0.2) is 4.39 Å². The summed E-state index contributed by atoms with van der Waals surface area (Å²) in [6.45, 7) is 1.74. The van der Waals surface area contributed by atoms with Crippen LogP contribution in [0.5, 0.6) is 0 Å². The van der Waals surface area contributed by atoms with Crippen molar-refractivity contribution >= 4 is 29.1 Å². The predicted molar refractivity (Wildman–Crippen MR) is 66.0 cm³/mol. The van der Waals surface area contributed by atoms with E-state index < -0.39 is 11.9 Å². The smallest absolute Gasteiger partial charge is 0.250 e. The van der Waals surface area contributed by atoms with Crippen molar-refractivity contribution < 1.29 is 14.0 Å². The third kappa shape index (κ3) is 2.31. The number of carbonyl (C=O) groups excluding carboxylic acids is 2. The van der Waals surface area contributed by atoms with E-state index in [0.29, 0.717) is 12.1 Å². The van der Waals surface area contributed by atoms with Gasteiger partial charge in [-0.2, -0.15) is 0 Å². The van der Waals surface area contributed by atoms with E-state index in [1.54, 1.807) is 0 Å². The molecule has 1 aromatic carbocycles. The summed E-state index contributed by atoms with van der Waals surface area (Å²) in [6.07, 6.45) is 0.510. The fraction of sp³-hybridized carbons (Fsp3) is 0.333. The van der Waals surface area contributed by atoms with Crippen LogP contribution >= 0.6 is 11.6 Å². The first-order valence-electron chi connectivity index (χ1n) is 5.58. The molecule has 1 aliphatic heterocycles. The lowest BCUT2D eigenvalue weighted by molar-refractivity contribution is -0.131. The normalized spacial score (nSPS) is 19.9. The van der Waals surface area contributed by atoms with Gasteiger partial charge in [0.05, 0.1) is 5.02 Å². The number of benzene rings is 1. The molecule has 1 unspecified atom stereocenters. The van der Waals surface area contributed by atoms with Gasteiger partial charge in [-0.15, -0.1) is 0 Å². The van der Waals surface area contributed by atoms with Gasteiger partial charge in [-0.05, 0) is 24.6 Å². The standard InChI is InChI=1S/C12H12ClFN2O2/c1-2-10-12(18)16(6-11(17)15-10)7-3-4-9(14)8(13)5-7/h3-5,10H,2,6H2,1H3,(H,15,17). The molecule has 6 heteroatoms. The summed E-state index contributed by atoms with van der Waals surface area (Å²) >= 11 is 5.67. The second kappa shape index (κ2) is 4.94. The monoisotopic (exact) mass is 270 g/mol. The largest absolute Gasteiger partial charge is 0.343 e. The van der Waals surface area contributed by atoms with E-state index in [1.807, 2.05) is 6.92 Å². The molecule has 1 heterocycles. The van der Waals surface area contributed by atoms with Crippen molar-refractivity contribution in [1.82, 2.24) is 5.32 Å². The Kier molecular flexibility index (Phi) is 3.52. The minimum atomic E-state index is -0.554. The van der Waals surface area contributed by atoms with Crippen molar-refractivity contribution in [3.8, 4) is 0 Å². The summed E-state index contributed by atoms with van der Waals surface area (Å²) in [4.78, 5) is 24.9. The highest BCUT2D eigenvalue weighted by Gasteiger charge is 2.32. The van der Waals surface area contributed by atoms with Crippen molar-refractivity contribution in [2.45, 2.75) is 19.4 Å². The number of hydrogen-bond donors (Lipinski definition) is 1. The van der Waals surface area contributed by atoms with E-state index in [9.17, 15) is 14.0 Å². The van der Waals surface area contributed by atoms with Gasteiger partial charge in [0, 0.05) is 5.69 Å². The second-order valence-corrected chi connectivity index (χ2v) is 4.46. The van der Waals surface area contributed by atoms with Crippen LogP contribution < -0.4 is 10.2 Å². The van der Waals surface area contributed by atoms with Crippen LogP contribution in [0.2, 0.25) is 5.02 Å². The first-order valence-corrected chi connectivity index (χ1v) is 5.96. The number of anilines is 1. The van der Waals surface area contributed by atoms with Crippen molar-refractivity contribution in [2.75, 3.05) is 11.4 Å². The highest BCUT2D eigenvalue weighted by Crippen LogP contribution is 2.24. The van der Waals surface area contributed by atoms with Crippen LogP contribution in [0.4, 0.5) is 10.1 Å². The summed E-state index contributed by atoms with van der Waals surface area (Å²) in [7, 11) is 0. The molecular formula is C12H12ClFN2O2. The molecule has 1 atom stereocenters. The van der Waals surface area contributed by atoms with Gasteiger partial charge in [0.25, 0.3) is 0 Å². The molecule has 0 aromatic heterocycles. The van der Waals surface area contributed by atoms with Crippen molar-refractivity contribution in [1.29, 1.82) is 0 Å². The molecule has 1 fully saturated rings. The van der Waals surface area contributed by atoms with E-state index in [0.717, 1.165) is 0 Å². The number of halogens is 2. The van der Waals surface area contributed by atoms with Gasteiger partial charge < -0.3 is 10.2 Å². The molecule has 0 bridgehead atoms. The summed E-state index contributed by atoms with van der Waals surface area (Å²) in [6, 6.07) is 3.43. The van der Waals surface area contributed by atoms with Crippen molar-refractivity contribution in [2.24, 2.45) is 0 Å². The van der Waals surface area contributed by atoms with Crippen LogP contribution in [-0.4, -0.2) is 24.4 Å². The third-order valence-corrected chi connectivity index (χ3v) is 3.11. The second-order valence-electron chi connectivity index (χ2n) is 4.05. The SMILES string of the molecule is CCC1NC(=O)CN(c2ccc(F)c(Cl)c2)C1=O. The topological polar surface area (TPSA) is 49.4 Å². The lowest BCUT2D eigenvalue weighted by atomic mass is 10.1. The number of amides is 2. The van der Waals surface area contributed by atoms with E-state index in [-0.39, 0.29) is 23.4 Å². The maximum atomic E-state index is 13.1. The molecule has 0 aliphatic carbocycles. The van der Waals surface area contributed by atoms with Gasteiger partial charge in [0.2, 0.25) is 11.8 Å². The molecule has 2 rings (SSSR count). The third-order valence-electron chi connectivity index (χ3n) is 2.82. The fourth-order valence-electron chi connectivity index (χ4n) is 1.86. The Morgan fingerprint density at radius 3 is 2.83 bits per heavy atom. The Bertz CT molecular complexity index is 507. The molecule has 1 aliphatic rings. The minimum Gasteiger partial charge on any atom is -0.343 e. The number of nitrogens with zero attached hydrogens (tertiary/aromatic N) is 1. The van der Waals surface area contributed by atoms with Crippen LogP contribution in [0.1, 0.15) is 13.3 Å². The van der Waals surface area contributed by atoms with Gasteiger partial charge in [0.15, 0.2) is 0 Å². The molecule has 96 valence electrons. The zero-order chi connectivity index (χ0) is 13.3. The zero-order valence-corrected chi connectivity index (χ0v) is 10.5. The maximum absolute atomic E-state index is 13.1. The molecule has 1 saturated heterocycles. The molecule has 1 aromatic rings. The van der Waals surface area contributed by atoms with E-state index in [2.05, 4.69) is 5.32 Å². The zero-order valence-electron chi connectivity index (χ0n) is 9.74. The number of rotatable bonds is 2. The number of piperazine rings is 1. The fourth-order valence-corrected chi connectivity index (χ4v) is 2.03. The van der Waals surface area contributed by atoms with E-state index in [4.69, 9.17) is 11.6 Å². The van der Waals surface area contributed by atoms with Crippen molar-refractivity contribution in [3.05, 3.63) is 29.0 Å². The Labute approximate surface area is 109 Å². The Balaban J connectivity index is 2.33. The lowest BCUT2D eigenvalue weighted by Gasteiger charge is -2.32. The Hall–Kier alpha value is -1.62. The summed E-state index contributed by atoms with van der Waals surface area (Å²) in [5.41, 5.74) is 0.430. The minimum absolute atomic E-state index is 0.0701. The maximum Gasteiger partial charge on any atom is 0.250 e. The highest BCUT2D eigenvalue weighted by molar-refractivity contribution is 6.31. The molecule has 18 heavy (non-hydrogen) atoms. The molecule has 1 N–H and O–H groups in total. The first kappa shape index (κ1) is 12.8. The van der Waals surface area contributed by atoms with E-state index >= 15 is 0 Å². The van der Waals surface area contributed by atoms with E-state index in [1.165, 1.54) is 23.1 Å². The van der Waals surface area contributed by atoms with Gasteiger partial charge in [-0.1, -0.05) is 18.5 Å². The number of hydrogen-bond acceptors (Lipinski definition) is 2. The van der Waals surface area contributed by atoms with Crippen LogP contribution in [0.25, 0.3) is 0 Å². The molecule has 4 nitrogen and oxygen atoms in total.